The number of carbonyl (C=O) groups is 2. The third kappa shape index (κ3) is 33.0. The van der Waals surface area contributed by atoms with Crippen molar-refractivity contribution in [3.05, 3.63) is 0 Å². The number of esters is 2. The molecule has 0 heterocycles. The predicted molar refractivity (Wildman–Crippen MR) is 211 cm³/mol. The minimum Gasteiger partial charge on any atom is -0.466 e. The third-order valence-electron chi connectivity index (χ3n) is 9.61. The Morgan fingerprint density at radius 3 is 1.68 bits per heavy atom. The van der Waals surface area contributed by atoms with Crippen molar-refractivity contribution < 1.29 is 33.8 Å². The number of carbonyl (C=O) groups excluding carboxylic acids is 2. The van der Waals surface area contributed by atoms with Gasteiger partial charge in [-0.25, -0.2) is 0 Å². The zero-order valence-corrected chi connectivity index (χ0v) is 33.7. The third-order valence-corrected chi connectivity index (χ3v) is 10.3. The lowest BCUT2D eigenvalue weighted by molar-refractivity contribution is -0.150. The summed E-state index contributed by atoms with van der Waals surface area (Å²) in [6.45, 7) is 9.02. The molecular formula is C41H81NO7S. The molecule has 3 N–H and O–H groups in total. The summed E-state index contributed by atoms with van der Waals surface area (Å²) < 4.78 is 21.3. The standard InChI is InChI=1S/C41H81NO7S/c1-4-7-10-12-14-19-27-38(28-20-15-13-11-8-5-2)49-41(46)31-23-17-21-29-39(50-47)36-42(32-25-33-43)35-37(44)26-18-16-22-30-40(45)48-34-24-9-6-3/h37-39,43-44,47H,4-36H2,1-3H3. The SMILES string of the molecule is CCCCCCCCC(CCCCCCCC)OC(=O)CCCCCC(CN(CCCO)CC(O)CCCCCC(=O)OCCCCC)SO. The van der Waals surface area contributed by atoms with Crippen LogP contribution in [0.1, 0.15) is 201 Å². The van der Waals surface area contributed by atoms with Crippen molar-refractivity contribution >= 4 is 24.0 Å². The lowest BCUT2D eigenvalue weighted by Gasteiger charge is -2.28. The number of aliphatic hydroxyl groups is 2. The van der Waals surface area contributed by atoms with Crippen LogP contribution in [0.2, 0.25) is 0 Å². The molecule has 0 rings (SSSR count). The normalized spacial score (nSPS) is 12.9. The second-order valence-corrected chi connectivity index (χ2v) is 15.4. The van der Waals surface area contributed by atoms with Gasteiger partial charge in [0.1, 0.15) is 6.10 Å². The van der Waals surface area contributed by atoms with Crippen LogP contribution in [0.15, 0.2) is 0 Å². The molecule has 0 aromatic rings. The number of hydrogen-bond donors (Lipinski definition) is 3. The first-order valence-electron chi connectivity index (χ1n) is 21.1. The summed E-state index contributed by atoms with van der Waals surface area (Å²) in [5, 5.41) is 20.1. The van der Waals surface area contributed by atoms with E-state index in [1.54, 1.807) is 0 Å². The van der Waals surface area contributed by atoms with Crippen molar-refractivity contribution in [1.29, 1.82) is 0 Å². The first-order chi connectivity index (χ1) is 24.4. The maximum Gasteiger partial charge on any atom is 0.306 e. The van der Waals surface area contributed by atoms with Gasteiger partial charge in [-0.2, -0.15) is 0 Å². The molecule has 0 fully saturated rings. The first-order valence-corrected chi connectivity index (χ1v) is 21.9. The van der Waals surface area contributed by atoms with Gasteiger partial charge < -0.3 is 24.2 Å². The van der Waals surface area contributed by atoms with Crippen molar-refractivity contribution in [2.75, 3.05) is 32.8 Å². The lowest BCUT2D eigenvalue weighted by Crippen LogP contribution is -2.38. The number of nitrogens with zero attached hydrogens (tertiary/aromatic N) is 1. The monoisotopic (exact) mass is 732 g/mol. The van der Waals surface area contributed by atoms with Gasteiger partial charge in [0.25, 0.3) is 0 Å². The highest BCUT2D eigenvalue weighted by Gasteiger charge is 2.18. The van der Waals surface area contributed by atoms with E-state index in [0.29, 0.717) is 51.9 Å². The van der Waals surface area contributed by atoms with Gasteiger partial charge in [0, 0.05) is 44.3 Å². The summed E-state index contributed by atoms with van der Waals surface area (Å²) in [6, 6.07) is 0. The largest absolute Gasteiger partial charge is 0.466 e. The smallest absolute Gasteiger partial charge is 0.306 e. The van der Waals surface area contributed by atoms with Crippen LogP contribution in [0.3, 0.4) is 0 Å². The summed E-state index contributed by atoms with van der Waals surface area (Å²) in [5.74, 6) is -0.192. The Hall–Kier alpha value is -0.870. The van der Waals surface area contributed by atoms with Gasteiger partial charge in [-0.15, -0.1) is 0 Å². The summed E-state index contributed by atoms with van der Waals surface area (Å²) in [6.07, 6.45) is 27.8. The van der Waals surface area contributed by atoms with Crippen LogP contribution < -0.4 is 0 Å². The van der Waals surface area contributed by atoms with E-state index in [-0.39, 0.29) is 29.9 Å². The zero-order chi connectivity index (χ0) is 36.9. The number of rotatable bonds is 39. The number of unbranched alkanes of at least 4 members (excludes halogenated alkanes) is 16. The fourth-order valence-electron chi connectivity index (χ4n) is 6.47. The molecule has 9 heteroatoms. The van der Waals surface area contributed by atoms with Gasteiger partial charge >= 0.3 is 11.9 Å². The highest BCUT2D eigenvalue weighted by Crippen LogP contribution is 2.20. The molecule has 0 aliphatic heterocycles. The van der Waals surface area contributed by atoms with E-state index in [0.717, 1.165) is 102 Å². The topological polar surface area (TPSA) is 117 Å². The Balaban J connectivity index is 4.44. The van der Waals surface area contributed by atoms with Crippen molar-refractivity contribution in [3.63, 3.8) is 0 Å². The molecule has 0 aliphatic rings. The Bertz CT molecular complexity index is 728. The maximum atomic E-state index is 12.8. The Morgan fingerprint density at radius 2 is 1.10 bits per heavy atom. The Labute approximate surface area is 312 Å². The van der Waals surface area contributed by atoms with Crippen LogP contribution in [0.4, 0.5) is 0 Å². The fraction of sp³-hybridized carbons (Fsp3) is 0.951. The molecule has 0 bridgehead atoms. The minimum absolute atomic E-state index is 0.00946. The molecule has 298 valence electrons. The predicted octanol–water partition coefficient (Wildman–Crippen LogP) is 10.7. The molecule has 0 aromatic carbocycles. The quantitative estimate of drug-likeness (QED) is 0.0323. The van der Waals surface area contributed by atoms with Gasteiger partial charge in [-0.3, -0.25) is 14.5 Å². The molecule has 0 aliphatic carbocycles. The average molecular weight is 732 g/mol. The molecule has 0 radical (unpaired) electrons. The minimum atomic E-state index is -0.490. The summed E-state index contributed by atoms with van der Waals surface area (Å²) in [5.41, 5.74) is 0. The lowest BCUT2D eigenvalue weighted by atomic mass is 10.0. The number of aliphatic hydroxyl groups excluding tert-OH is 2. The van der Waals surface area contributed by atoms with Gasteiger partial charge in [0.2, 0.25) is 0 Å². The van der Waals surface area contributed by atoms with Crippen molar-refractivity contribution in [2.24, 2.45) is 0 Å². The molecule has 0 amide bonds. The maximum absolute atomic E-state index is 12.8. The fourth-order valence-corrected chi connectivity index (χ4v) is 7.02. The van der Waals surface area contributed by atoms with Gasteiger partial charge in [0.05, 0.1) is 12.7 Å². The van der Waals surface area contributed by atoms with E-state index >= 15 is 0 Å². The van der Waals surface area contributed by atoms with Crippen molar-refractivity contribution in [1.82, 2.24) is 4.90 Å². The van der Waals surface area contributed by atoms with E-state index in [1.807, 2.05) is 0 Å². The van der Waals surface area contributed by atoms with Crippen LogP contribution in [0.5, 0.6) is 0 Å². The second-order valence-electron chi connectivity index (χ2n) is 14.6. The van der Waals surface area contributed by atoms with Crippen LogP contribution in [0.25, 0.3) is 0 Å². The molecule has 2 atom stereocenters. The molecule has 2 unspecified atom stereocenters. The van der Waals surface area contributed by atoms with E-state index < -0.39 is 6.10 Å². The van der Waals surface area contributed by atoms with Gasteiger partial charge in [0.15, 0.2) is 0 Å². The van der Waals surface area contributed by atoms with Gasteiger partial charge in [-0.05, 0) is 76.3 Å². The van der Waals surface area contributed by atoms with E-state index in [9.17, 15) is 24.4 Å². The van der Waals surface area contributed by atoms with E-state index in [2.05, 4.69) is 25.7 Å². The zero-order valence-electron chi connectivity index (χ0n) is 32.9. The van der Waals surface area contributed by atoms with Crippen LogP contribution in [-0.4, -0.2) is 81.9 Å². The Morgan fingerprint density at radius 1 is 0.600 bits per heavy atom. The summed E-state index contributed by atoms with van der Waals surface area (Å²) >= 11 is 0.873. The molecule has 50 heavy (non-hydrogen) atoms. The van der Waals surface area contributed by atoms with Gasteiger partial charge in [-0.1, -0.05) is 124 Å². The highest BCUT2D eigenvalue weighted by atomic mass is 32.2. The van der Waals surface area contributed by atoms with Crippen LogP contribution in [-0.2, 0) is 19.1 Å². The number of hydrogen-bond acceptors (Lipinski definition) is 9. The van der Waals surface area contributed by atoms with E-state index in [4.69, 9.17) is 9.47 Å². The first kappa shape index (κ1) is 49.1. The Kier molecular flexibility index (Phi) is 37.2. The van der Waals surface area contributed by atoms with Crippen molar-refractivity contribution in [3.8, 4) is 0 Å². The molecule has 0 aromatic heterocycles. The van der Waals surface area contributed by atoms with Crippen LogP contribution >= 0.6 is 12.0 Å². The number of ether oxygens (including phenoxy) is 2. The summed E-state index contributed by atoms with van der Waals surface area (Å²) in [7, 11) is 0. The molecule has 0 saturated carbocycles. The molecule has 0 spiro atoms. The molecule has 8 nitrogen and oxygen atoms in total. The molecular weight excluding hydrogens is 651 g/mol. The van der Waals surface area contributed by atoms with Crippen molar-refractivity contribution in [2.45, 2.75) is 218 Å². The highest BCUT2D eigenvalue weighted by molar-refractivity contribution is 7.94. The van der Waals surface area contributed by atoms with E-state index in [1.165, 1.54) is 64.2 Å². The van der Waals surface area contributed by atoms with Crippen LogP contribution in [0, 0.1) is 0 Å². The summed E-state index contributed by atoms with van der Waals surface area (Å²) in [4.78, 5) is 26.8. The average Bonchev–Trinajstić information content (AvgIpc) is 3.10. The second kappa shape index (κ2) is 37.9. The molecule has 0 saturated heterocycles.